The van der Waals surface area contributed by atoms with Crippen LogP contribution in [-0.2, 0) is 0 Å². The average molecular weight is 180 g/mol. The topological polar surface area (TPSA) is 56.1 Å². The Bertz CT molecular complexity index is 294. The molecule has 0 amide bonds. The van der Waals surface area contributed by atoms with Crippen molar-refractivity contribution < 1.29 is 10.2 Å². The first-order valence-corrected chi connectivity index (χ1v) is 4.20. The van der Waals surface area contributed by atoms with Crippen molar-refractivity contribution in [3.63, 3.8) is 0 Å². The Morgan fingerprint density at radius 3 is 3.00 bits per heavy atom. The molecule has 0 saturated carbocycles. The maximum absolute atomic E-state index is 8.93. The monoisotopic (exact) mass is 180 g/mol. The molecule has 1 heterocycles. The maximum Gasteiger partial charge on any atom is 0.178 e. The van der Waals surface area contributed by atoms with Gasteiger partial charge in [0.15, 0.2) is 6.29 Å². The molecule has 0 aromatic rings. The summed E-state index contributed by atoms with van der Waals surface area (Å²) in [6, 6.07) is 0.272. The van der Waals surface area contributed by atoms with Crippen LogP contribution in [0.2, 0.25) is 0 Å². The highest BCUT2D eigenvalue weighted by Gasteiger charge is 2.27. The van der Waals surface area contributed by atoms with Crippen molar-refractivity contribution in [1.82, 2.24) is 4.90 Å². The van der Waals surface area contributed by atoms with Crippen LogP contribution in [0.15, 0.2) is 28.8 Å². The molecule has 1 aliphatic carbocycles. The van der Waals surface area contributed by atoms with Gasteiger partial charge in [0.2, 0.25) is 0 Å². The van der Waals surface area contributed by atoms with Crippen LogP contribution in [0.25, 0.3) is 0 Å². The molecule has 2 rings (SSSR count). The molecular formula is C9H12N2O2. The van der Waals surface area contributed by atoms with Crippen molar-refractivity contribution >= 4 is 6.34 Å². The van der Waals surface area contributed by atoms with Gasteiger partial charge in [-0.1, -0.05) is 12.2 Å². The number of aliphatic imine (C=N–C) groups is 1. The summed E-state index contributed by atoms with van der Waals surface area (Å²) in [5, 5.41) is 17.9. The van der Waals surface area contributed by atoms with E-state index in [1.54, 1.807) is 18.5 Å². The van der Waals surface area contributed by atoms with Gasteiger partial charge in [-0.15, -0.1) is 0 Å². The van der Waals surface area contributed by atoms with E-state index in [1.165, 1.54) is 0 Å². The van der Waals surface area contributed by atoms with Crippen molar-refractivity contribution in [2.45, 2.75) is 18.4 Å². The van der Waals surface area contributed by atoms with Crippen LogP contribution in [0.3, 0.4) is 0 Å². The molecule has 2 aliphatic rings. The number of rotatable bonds is 1. The van der Waals surface area contributed by atoms with Gasteiger partial charge >= 0.3 is 0 Å². The first-order chi connectivity index (χ1) is 6.18. The fourth-order valence-corrected chi connectivity index (χ4v) is 1.61. The molecule has 13 heavy (non-hydrogen) atoms. The summed E-state index contributed by atoms with van der Waals surface area (Å²) in [6.07, 6.45) is 5.83. The zero-order valence-electron chi connectivity index (χ0n) is 7.33. The Labute approximate surface area is 76.5 Å². The Morgan fingerprint density at radius 1 is 1.54 bits per heavy atom. The number of aliphatic hydroxyl groups excluding tert-OH is 1. The number of nitrogens with zero attached hydrogens (tertiary/aromatic N) is 2. The summed E-state index contributed by atoms with van der Waals surface area (Å²) >= 11 is 0. The third-order valence-corrected chi connectivity index (χ3v) is 2.39. The molecule has 0 aromatic carbocycles. The molecule has 2 unspecified atom stereocenters. The van der Waals surface area contributed by atoms with E-state index in [9.17, 15) is 0 Å². The molecule has 4 nitrogen and oxygen atoms in total. The van der Waals surface area contributed by atoms with E-state index < -0.39 is 6.29 Å². The minimum Gasteiger partial charge on any atom is -0.364 e. The van der Waals surface area contributed by atoms with Crippen molar-refractivity contribution in [2.24, 2.45) is 4.99 Å². The van der Waals surface area contributed by atoms with Gasteiger partial charge in [0, 0.05) is 12.6 Å². The van der Waals surface area contributed by atoms with Gasteiger partial charge in [0.1, 0.15) is 0 Å². The summed E-state index contributed by atoms with van der Waals surface area (Å²) in [5.74, 6) is 0. The fourth-order valence-electron chi connectivity index (χ4n) is 1.61. The molecule has 0 bridgehead atoms. The molecule has 0 aromatic heterocycles. The molecule has 0 radical (unpaired) electrons. The highest BCUT2D eigenvalue weighted by molar-refractivity contribution is 5.61. The third kappa shape index (κ3) is 1.38. The lowest BCUT2D eigenvalue weighted by molar-refractivity contribution is -0.00548. The van der Waals surface area contributed by atoms with Gasteiger partial charge in [-0.05, 0) is 6.08 Å². The van der Waals surface area contributed by atoms with Crippen molar-refractivity contribution in [1.29, 1.82) is 0 Å². The van der Waals surface area contributed by atoms with Gasteiger partial charge in [-0.2, -0.15) is 0 Å². The number of aliphatic hydroxyl groups is 2. The van der Waals surface area contributed by atoms with Gasteiger partial charge < -0.3 is 15.1 Å². The predicted molar refractivity (Wildman–Crippen MR) is 49.3 cm³/mol. The second-order valence-electron chi connectivity index (χ2n) is 3.31. The molecule has 0 spiro atoms. The van der Waals surface area contributed by atoms with Crippen LogP contribution < -0.4 is 0 Å². The first-order valence-electron chi connectivity index (χ1n) is 4.20. The highest BCUT2D eigenvalue weighted by atomic mass is 16.5. The second kappa shape index (κ2) is 2.97. The molecular weight excluding hydrogens is 168 g/mol. The van der Waals surface area contributed by atoms with E-state index >= 15 is 0 Å². The second-order valence-corrected chi connectivity index (χ2v) is 3.31. The third-order valence-electron chi connectivity index (χ3n) is 2.39. The van der Waals surface area contributed by atoms with Crippen LogP contribution in [0.1, 0.15) is 0 Å². The average Bonchev–Trinajstić information content (AvgIpc) is 2.47. The fraction of sp³-hybridized carbons (Fsp3) is 0.444. The van der Waals surface area contributed by atoms with E-state index in [4.69, 9.17) is 10.2 Å². The minimum absolute atomic E-state index is 0.0341. The largest absolute Gasteiger partial charge is 0.364 e. The maximum atomic E-state index is 8.93. The van der Waals surface area contributed by atoms with Crippen LogP contribution in [0, 0.1) is 0 Å². The van der Waals surface area contributed by atoms with Gasteiger partial charge in [0.05, 0.1) is 18.4 Å². The summed E-state index contributed by atoms with van der Waals surface area (Å²) in [6.45, 7) is 0. The summed E-state index contributed by atoms with van der Waals surface area (Å²) in [5.41, 5.74) is 0.522. The smallest absolute Gasteiger partial charge is 0.178 e. The van der Waals surface area contributed by atoms with E-state index in [2.05, 4.69) is 4.99 Å². The van der Waals surface area contributed by atoms with Crippen LogP contribution in [0.4, 0.5) is 0 Å². The van der Waals surface area contributed by atoms with E-state index in [1.807, 2.05) is 18.0 Å². The van der Waals surface area contributed by atoms with Gasteiger partial charge in [-0.25, -0.2) is 0 Å². The zero-order valence-corrected chi connectivity index (χ0v) is 7.33. The SMILES string of the molecule is CN1C=NC2C=C(C(O)O)C=CC21. The van der Waals surface area contributed by atoms with E-state index in [0.717, 1.165) is 0 Å². The lowest BCUT2D eigenvalue weighted by Crippen LogP contribution is -2.33. The van der Waals surface area contributed by atoms with E-state index in [-0.39, 0.29) is 12.1 Å². The molecule has 2 N–H and O–H groups in total. The normalized spacial score (nSPS) is 31.1. The lowest BCUT2D eigenvalue weighted by atomic mass is 9.98. The number of fused-ring (bicyclic) bond motifs is 1. The minimum atomic E-state index is -1.39. The Balaban J connectivity index is 2.20. The number of hydrogen-bond donors (Lipinski definition) is 2. The molecule has 4 heteroatoms. The Hall–Kier alpha value is -1.13. The molecule has 0 fully saturated rings. The predicted octanol–water partition coefficient (Wildman–Crippen LogP) is -0.496. The first kappa shape index (κ1) is 8.47. The lowest BCUT2D eigenvalue weighted by Gasteiger charge is -2.23. The standard InChI is InChI=1S/C9H12N2O2/c1-11-5-10-7-4-6(9(12)13)2-3-8(7)11/h2-5,7-9,12-13H,1H3. The van der Waals surface area contributed by atoms with Crippen LogP contribution in [-0.4, -0.2) is 46.9 Å². The Kier molecular flexibility index (Phi) is 1.94. The quantitative estimate of drug-likeness (QED) is 0.535. The summed E-state index contributed by atoms with van der Waals surface area (Å²) in [4.78, 5) is 6.22. The van der Waals surface area contributed by atoms with Crippen molar-refractivity contribution in [2.75, 3.05) is 7.05 Å². The van der Waals surface area contributed by atoms with Crippen molar-refractivity contribution in [3.8, 4) is 0 Å². The van der Waals surface area contributed by atoms with Gasteiger partial charge in [-0.3, -0.25) is 4.99 Å². The molecule has 0 saturated heterocycles. The molecule has 2 atom stereocenters. The number of hydrogen-bond acceptors (Lipinski definition) is 4. The highest BCUT2D eigenvalue weighted by Crippen LogP contribution is 2.22. The van der Waals surface area contributed by atoms with Crippen LogP contribution >= 0.6 is 0 Å². The van der Waals surface area contributed by atoms with E-state index in [0.29, 0.717) is 5.57 Å². The van der Waals surface area contributed by atoms with Crippen molar-refractivity contribution in [3.05, 3.63) is 23.8 Å². The van der Waals surface area contributed by atoms with Gasteiger partial charge in [0.25, 0.3) is 0 Å². The summed E-state index contributed by atoms with van der Waals surface area (Å²) < 4.78 is 0. The number of likely N-dealkylation sites (N-methyl/N-ethyl adjacent to an activating group) is 1. The summed E-state index contributed by atoms with van der Waals surface area (Å²) in [7, 11) is 1.95. The molecule has 1 aliphatic heterocycles. The zero-order chi connectivity index (χ0) is 9.42. The van der Waals surface area contributed by atoms with Crippen LogP contribution in [0.5, 0.6) is 0 Å². The Morgan fingerprint density at radius 2 is 2.31 bits per heavy atom. The molecule has 70 valence electrons.